The van der Waals surface area contributed by atoms with Gasteiger partial charge in [-0.05, 0) is 48.7 Å². The van der Waals surface area contributed by atoms with Gasteiger partial charge in [0.15, 0.2) is 0 Å². The summed E-state index contributed by atoms with van der Waals surface area (Å²) in [6, 6.07) is 17.4. The summed E-state index contributed by atoms with van der Waals surface area (Å²) in [5.74, 6) is -1.69. The molecule has 188 valence electrons. The number of nitrogens with zero attached hydrogens (tertiary/aromatic N) is 4. The van der Waals surface area contributed by atoms with E-state index in [1.807, 2.05) is 36.4 Å². The maximum atomic E-state index is 13.9. The summed E-state index contributed by atoms with van der Waals surface area (Å²) in [5, 5.41) is 0. The van der Waals surface area contributed by atoms with E-state index in [9.17, 15) is 19.2 Å². The molecule has 2 aliphatic heterocycles. The molecule has 0 radical (unpaired) electrons. The van der Waals surface area contributed by atoms with Crippen LogP contribution < -0.4 is 9.80 Å². The molecule has 3 heterocycles. The van der Waals surface area contributed by atoms with Crippen molar-refractivity contribution < 1.29 is 19.2 Å². The first kappa shape index (κ1) is 24.6. The van der Waals surface area contributed by atoms with Crippen molar-refractivity contribution >= 4 is 47.4 Å². The van der Waals surface area contributed by atoms with E-state index in [4.69, 9.17) is 0 Å². The number of hydrogen-bond acceptors (Lipinski definition) is 5. The van der Waals surface area contributed by atoms with Crippen molar-refractivity contribution in [3.63, 3.8) is 0 Å². The maximum Gasteiger partial charge on any atom is 0.262 e. The minimum absolute atomic E-state index is 0. The number of fused-ring (bicyclic) bond motifs is 3. The highest BCUT2D eigenvalue weighted by molar-refractivity contribution is 6.23. The molecule has 0 bridgehead atoms. The topological polar surface area (TPSA) is 90.9 Å². The third-order valence-electron chi connectivity index (χ3n) is 7.33. The number of imide groups is 1. The largest absolute Gasteiger partial charge is 0.306 e. The third-order valence-corrected chi connectivity index (χ3v) is 7.33. The molecule has 8 nitrogen and oxygen atoms in total. The van der Waals surface area contributed by atoms with Gasteiger partial charge in [0.25, 0.3) is 11.8 Å². The number of benzene rings is 2. The fourth-order valence-electron chi connectivity index (χ4n) is 5.68. The second-order valence-electron chi connectivity index (χ2n) is 9.38. The van der Waals surface area contributed by atoms with E-state index < -0.39 is 11.8 Å². The Hall–Kier alpha value is -4.04. The van der Waals surface area contributed by atoms with E-state index in [0.29, 0.717) is 41.9 Å². The van der Waals surface area contributed by atoms with Crippen molar-refractivity contribution in [2.45, 2.75) is 31.8 Å². The molecule has 1 fully saturated rings. The average Bonchev–Trinajstić information content (AvgIpc) is 3.45. The van der Waals surface area contributed by atoms with Gasteiger partial charge in [-0.15, -0.1) is 12.4 Å². The van der Waals surface area contributed by atoms with Gasteiger partial charge in [-0.3, -0.25) is 29.1 Å². The summed E-state index contributed by atoms with van der Waals surface area (Å²) in [5.41, 5.74) is 2.76. The summed E-state index contributed by atoms with van der Waals surface area (Å²) >= 11 is 0. The number of aromatic nitrogens is 1. The van der Waals surface area contributed by atoms with E-state index in [-0.39, 0.29) is 42.7 Å². The van der Waals surface area contributed by atoms with Crippen molar-refractivity contribution in [1.29, 1.82) is 0 Å². The molecule has 3 aromatic rings. The lowest BCUT2D eigenvalue weighted by molar-refractivity contribution is -0.123. The summed E-state index contributed by atoms with van der Waals surface area (Å²) in [6.07, 6.45) is 5.60. The fraction of sp³-hybridized carbons (Fsp3) is 0.250. The number of anilines is 2. The molecule has 0 unspecified atom stereocenters. The summed E-state index contributed by atoms with van der Waals surface area (Å²) in [4.78, 5) is 62.2. The van der Waals surface area contributed by atoms with Crippen molar-refractivity contribution in [1.82, 2.24) is 9.88 Å². The number of hydrogen-bond donors (Lipinski definition) is 0. The predicted octanol–water partition coefficient (Wildman–Crippen LogP) is 3.85. The summed E-state index contributed by atoms with van der Waals surface area (Å²) in [6.45, 7) is -0.0337. The van der Waals surface area contributed by atoms with Crippen LogP contribution >= 0.6 is 12.4 Å². The molecular formula is C28H25ClN4O4. The molecule has 1 saturated carbocycles. The van der Waals surface area contributed by atoms with Gasteiger partial charge in [-0.25, -0.2) is 0 Å². The SMILES string of the molecule is Cl.O=C1c2ccccc2C(=O)N1CC(=O)N1c2ccccc2N(Cc2cccnc2)C(=O)[C@H]2CCC[C@H]21. The Bertz CT molecular complexity index is 1360. The van der Waals surface area contributed by atoms with Gasteiger partial charge >= 0.3 is 0 Å². The second-order valence-corrected chi connectivity index (χ2v) is 9.38. The number of pyridine rings is 1. The lowest BCUT2D eigenvalue weighted by Crippen LogP contribution is -2.49. The highest BCUT2D eigenvalue weighted by atomic mass is 35.5. The van der Waals surface area contributed by atoms with Crippen LogP contribution in [-0.4, -0.2) is 46.1 Å². The van der Waals surface area contributed by atoms with Gasteiger partial charge in [0.2, 0.25) is 11.8 Å². The Balaban J connectivity index is 0.00000280. The Labute approximate surface area is 220 Å². The zero-order valence-corrected chi connectivity index (χ0v) is 20.8. The van der Waals surface area contributed by atoms with Crippen molar-refractivity contribution in [3.05, 3.63) is 89.7 Å². The number of carbonyl (C=O) groups excluding carboxylic acids is 4. The van der Waals surface area contributed by atoms with Crippen LogP contribution in [0, 0.1) is 5.92 Å². The van der Waals surface area contributed by atoms with Crippen LogP contribution in [0.25, 0.3) is 0 Å². The Morgan fingerprint density at radius 1 is 0.838 bits per heavy atom. The van der Waals surface area contributed by atoms with Gasteiger partial charge in [0.05, 0.1) is 35.0 Å². The molecule has 2 atom stereocenters. The molecule has 2 aromatic carbocycles. The number of carbonyl (C=O) groups is 4. The van der Waals surface area contributed by atoms with Crippen LogP contribution in [0.3, 0.4) is 0 Å². The van der Waals surface area contributed by atoms with E-state index in [2.05, 4.69) is 4.98 Å². The van der Waals surface area contributed by atoms with Gasteiger partial charge in [0, 0.05) is 18.4 Å². The van der Waals surface area contributed by atoms with Gasteiger partial charge in [0.1, 0.15) is 6.54 Å². The maximum absolute atomic E-state index is 13.9. The molecule has 0 spiro atoms. The normalized spacial score (nSPS) is 20.2. The zero-order chi connectivity index (χ0) is 24.8. The van der Waals surface area contributed by atoms with Crippen LogP contribution in [0.2, 0.25) is 0 Å². The molecular weight excluding hydrogens is 492 g/mol. The second kappa shape index (κ2) is 9.78. The monoisotopic (exact) mass is 516 g/mol. The molecule has 3 aliphatic rings. The van der Waals surface area contributed by atoms with Gasteiger partial charge in [-0.2, -0.15) is 0 Å². The van der Waals surface area contributed by atoms with Crippen molar-refractivity contribution in [2.24, 2.45) is 5.92 Å². The Morgan fingerprint density at radius 3 is 2.19 bits per heavy atom. The first-order valence-corrected chi connectivity index (χ1v) is 12.1. The first-order valence-electron chi connectivity index (χ1n) is 12.1. The Morgan fingerprint density at radius 2 is 1.51 bits per heavy atom. The number of rotatable bonds is 4. The standard InChI is InChI=1S/C28H24N4O4.ClH/c33-25(17-31-26(34)19-8-1-2-9-20(19)27(31)35)32-22-13-5-10-21(22)28(36)30(16-18-7-6-14-29-15-18)23-11-3-4-12-24(23)32;/h1-4,6-9,11-12,14-15,21-22H,5,10,13,16-17H2;1H/t21-,22+;/m0./s1. The van der Waals surface area contributed by atoms with Gasteiger partial charge < -0.3 is 9.80 Å². The highest BCUT2D eigenvalue weighted by Crippen LogP contribution is 2.43. The van der Waals surface area contributed by atoms with E-state index in [1.165, 1.54) is 0 Å². The average molecular weight is 517 g/mol. The first-order chi connectivity index (χ1) is 17.5. The van der Waals surface area contributed by atoms with Crippen molar-refractivity contribution in [3.8, 4) is 0 Å². The van der Waals surface area contributed by atoms with Crippen LogP contribution in [-0.2, 0) is 16.1 Å². The quantitative estimate of drug-likeness (QED) is 0.491. The van der Waals surface area contributed by atoms with Crippen LogP contribution in [0.1, 0.15) is 45.5 Å². The van der Waals surface area contributed by atoms with E-state index >= 15 is 0 Å². The minimum Gasteiger partial charge on any atom is -0.306 e. The number of amides is 4. The van der Waals surface area contributed by atoms with E-state index in [0.717, 1.165) is 16.9 Å². The van der Waals surface area contributed by atoms with Crippen LogP contribution in [0.15, 0.2) is 73.1 Å². The predicted molar refractivity (Wildman–Crippen MR) is 140 cm³/mol. The molecule has 0 saturated heterocycles. The van der Waals surface area contributed by atoms with Gasteiger partial charge in [-0.1, -0.05) is 36.8 Å². The fourth-order valence-corrected chi connectivity index (χ4v) is 5.68. The Kier molecular flexibility index (Phi) is 6.52. The lowest BCUT2D eigenvalue weighted by atomic mass is 10.0. The van der Waals surface area contributed by atoms with Crippen LogP contribution in [0.4, 0.5) is 11.4 Å². The molecule has 37 heavy (non-hydrogen) atoms. The lowest BCUT2D eigenvalue weighted by Gasteiger charge is -2.31. The summed E-state index contributed by atoms with van der Waals surface area (Å²) < 4.78 is 0. The third kappa shape index (κ3) is 4.07. The van der Waals surface area contributed by atoms with E-state index in [1.54, 1.807) is 46.5 Å². The molecule has 9 heteroatoms. The van der Waals surface area contributed by atoms with Crippen molar-refractivity contribution in [2.75, 3.05) is 16.3 Å². The minimum atomic E-state index is -0.468. The molecule has 4 amide bonds. The zero-order valence-electron chi connectivity index (χ0n) is 19.9. The molecule has 1 aromatic heterocycles. The molecule has 1 aliphatic carbocycles. The smallest absolute Gasteiger partial charge is 0.262 e. The highest BCUT2D eigenvalue weighted by Gasteiger charge is 2.46. The van der Waals surface area contributed by atoms with Crippen LogP contribution in [0.5, 0.6) is 0 Å². The summed E-state index contributed by atoms with van der Waals surface area (Å²) in [7, 11) is 0. The molecule has 6 rings (SSSR count). The molecule has 0 N–H and O–H groups in total. The number of para-hydroxylation sites is 2. The number of halogens is 1.